The summed E-state index contributed by atoms with van der Waals surface area (Å²) in [6.45, 7) is 0. The molecule has 0 aliphatic rings. The minimum absolute atomic E-state index is 0.509. The summed E-state index contributed by atoms with van der Waals surface area (Å²) < 4.78 is 13.4. The van der Waals surface area contributed by atoms with Gasteiger partial charge in [-0.05, 0) is 12.1 Å². The number of hydrogen-bond acceptors (Lipinski definition) is 8. The van der Waals surface area contributed by atoms with Crippen LogP contribution in [0.5, 0.6) is 0 Å². The standard InChI is InChI=1S/C16H6N4O2S2/c1-7-11(21-5-17-7)2-8-12(1)22-15(19-8)16-20-10-4-13-9(18-6-23-13)3-14(10)24-16/h1-6H. The smallest absolute Gasteiger partial charge is 0.256 e. The molecule has 0 saturated carbocycles. The van der Waals surface area contributed by atoms with Crippen molar-refractivity contribution >= 4 is 65.3 Å². The SMILES string of the molecule is c1nc2cc3oc(-c4nc5cc6scnc6cc5s4)nc3cc2o1. The Morgan fingerprint density at radius 1 is 0.792 bits per heavy atom. The third-order valence-corrected chi connectivity index (χ3v) is 5.66. The van der Waals surface area contributed by atoms with E-state index in [-0.39, 0.29) is 0 Å². The summed E-state index contributed by atoms with van der Waals surface area (Å²) >= 11 is 3.16. The van der Waals surface area contributed by atoms with Gasteiger partial charge in [0.05, 0.1) is 25.9 Å². The zero-order valence-electron chi connectivity index (χ0n) is 11.9. The molecule has 0 spiro atoms. The second-order valence-electron chi connectivity index (χ2n) is 5.32. The molecular weight excluding hydrogens is 344 g/mol. The van der Waals surface area contributed by atoms with Crippen LogP contribution in [0.15, 0.2) is 45.0 Å². The lowest BCUT2D eigenvalue weighted by molar-refractivity contribution is 0.602. The molecule has 6 nitrogen and oxygen atoms in total. The summed E-state index contributed by atoms with van der Waals surface area (Å²) in [5.41, 5.74) is 6.62. The van der Waals surface area contributed by atoms with Crippen LogP contribution in [-0.2, 0) is 0 Å². The van der Waals surface area contributed by atoms with E-state index in [1.807, 2.05) is 17.6 Å². The second-order valence-corrected chi connectivity index (χ2v) is 7.24. The molecule has 2 aromatic carbocycles. The number of nitrogens with zero attached hydrogens (tertiary/aromatic N) is 4. The molecule has 0 atom stereocenters. The number of thiazole rings is 2. The van der Waals surface area contributed by atoms with Crippen LogP contribution in [0.3, 0.4) is 0 Å². The molecule has 0 saturated heterocycles. The highest BCUT2D eigenvalue weighted by Crippen LogP contribution is 2.35. The minimum Gasteiger partial charge on any atom is -0.443 e. The molecule has 0 aliphatic heterocycles. The van der Waals surface area contributed by atoms with Gasteiger partial charge in [-0.3, -0.25) is 0 Å². The summed E-state index contributed by atoms with van der Waals surface area (Å²) in [6, 6.07) is 7.78. The zero-order valence-corrected chi connectivity index (χ0v) is 13.5. The molecule has 4 heterocycles. The number of rotatable bonds is 1. The Morgan fingerprint density at radius 3 is 2.71 bits per heavy atom. The first-order valence-electron chi connectivity index (χ1n) is 7.11. The molecule has 4 aromatic heterocycles. The lowest BCUT2D eigenvalue weighted by Gasteiger charge is -1.86. The van der Waals surface area contributed by atoms with Crippen LogP contribution in [0.25, 0.3) is 53.5 Å². The molecule has 0 bridgehead atoms. The fraction of sp³-hybridized carbons (Fsp3) is 0. The van der Waals surface area contributed by atoms with Crippen molar-refractivity contribution in [1.29, 1.82) is 0 Å². The molecule has 0 radical (unpaired) electrons. The normalized spacial score (nSPS) is 12.2. The number of fused-ring (bicyclic) bond motifs is 4. The Morgan fingerprint density at radius 2 is 1.71 bits per heavy atom. The van der Waals surface area contributed by atoms with Crippen molar-refractivity contribution in [2.75, 3.05) is 0 Å². The fourth-order valence-electron chi connectivity index (χ4n) is 2.74. The lowest BCUT2D eigenvalue weighted by Crippen LogP contribution is -1.74. The van der Waals surface area contributed by atoms with Crippen molar-refractivity contribution in [2.24, 2.45) is 0 Å². The first kappa shape index (κ1) is 12.6. The Hall–Kier alpha value is -2.84. The van der Waals surface area contributed by atoms with Crippen LogP contribution < -0.4 is 0 Å². The molecule has 6 aromatic rings. The highest BCUT2D eigenvalue weighted by Gasteiger charge is 2.15. The van der Waals surface area contributed by atoms with E-state index in [0.717, 1.165) is 36.5 Å². The molecular formula is C16H6N4O2S2. The molecule has 0 fully saturated rings. The van der Waals surface area contributed by atoms with E-state index in [4.69, 9.17) is 8.83 Å². The van der Waals surface area contributed by atoms with Gasteiger partial charge in [0, 0.05) is 12.1 Å². The second kappa shape index (κ2) is 4.37. The van der Waals surface area contributed by atoms with Gasteiger partial charge in [0.1, 0.15) is 11.0 Å². The molecule has 0 aliphatic carbocycles. The quantitative estimate of drug-likeness (QED) is 0.421. The van der Waals surface area contributed by atoms with Gasteiger partial charge in [-0.15, -0.1) is 22.7 Å². The molecule has 114 valence electrons. The van der Waals surface area contributed by atoms with Crippen molar-refractivity contribution in [2.45, 2.75) is 0 Å². The topological polar surface area (TPSA) is 77.8 Å². The van der Waals surface area contributed by atoms with Gasteiger partial charge in [0.2, 0.25) is 0 Å². The Bertz CT molecular complexity index is 1170. The van der Waals surface area contributed by atoms with Crippen LogP contribution in [0, 0.1) is 0 Å². The van der Waals surface area contributed by atoms with E-state index < -0.39 is 0 Å². The van der Waals surface area contributed by atoms with E-state index in [2.05, 4.69) is 32.1 Å². The zero-order chi connectivity index (χ0) is 15.7. The largest absolute Gasteiger partial charge is 0.443 e. The summed E-state index contributed by atoms with van der Waals surface area (Å²) in [7, 11) is 0. The summed E-state index contributed by atoms with van der Waals surface area (Å²) in [5, 5.41) is 0.753. The summed E-state index contributed by atoms with van der Waals surface area (Å²) in [4.78, 5) is 17.7. The van der Waals surface area contributed by atoms with Gasteiger partial charge in [-0.1, -0.05) is 0 Å². The third-order valence-electron chi connectivity index (χ3n) is 3.86. The maximum Gasteiger partial charge on any atom is 0.256 e. The predicted octanol–water partition coefficient (Wildman–Crippen LogP) is 4.86. The molecule has 0 N–H and O–H groups in total. The minimum atomic E-state index is 0.509. The van der Waals surface area contributed by atoms with E-state index >= 15 is 0 Å². The van der Waals surface area contributed by atoms with Gasteiger partial charge < -0.3 is 8.83 Å². The summed E-state index contributed by atoms with van der Waals surface area (Å²) in [5.74, 6) is 0.509. The molecule has 6 rings (SSSR count). The van der Waals surface area contributed by atoms with Gasteiger partial charge >= 0.3 is 0 Å². The molecule has 0 amide bonds. The average molecular weight is 350 g/mol. The Kier molecular flexibility index (Phi) is 2.29. The highest BCUT2D eigenvalue weighted by atomic mass is 32.1. The van der Waals surface area contributed by atoms with Crippen molar-refractivity contribution in [3.8, 4) is 10.9 Å². The third kappa shape index (κ3) is 1.69. The number of benzene rings is 2. The maximum absolute atomic E-state index is 5.88. The van der Waals surface area contributed by atoms with Crippen LogP contribution in [0.1, 0.15) is 0 Å². The van der Waals surface area contributed by atoms with Crippen molar-refractivity contribution in [3.05, 3.63) is 36.2 Å². The van der Waals surface area contributed by atoms with Crippen LogP contribution >= 0.6 is 22.7 Å². The Balaban J connectivity index is 1.58. The monoisotopic (exact) mass is 350 g/mol. The summed E-state index contributed by atoms with van der Waals surface area (Å²) in [6.07, 6.45) is 1.41. The lowest BCUT2D eigenvalue weighted by atomic mass is 10.3. The average Bonchev–Trinajstić information content (AvgIpc) is 3.33. The van der Waals surface area contributed by atoms with Gasteiger partial charge in [0.25, 0.3) is 5.89 Å². The Labute approximate surface area is 141 Å². The van der Waals surface area contributed by atoms with Crippen LogP contribution in [-0.4, -0.2) is 19.9 Å². The number of aromatic nitrogens is 4. The van der Waals surface area contributed by atoms with Crippen LogP contribution in [0.4, 0.5) is 0 Å². The van der Waals surface area contributed by atoms with Gasteiger partial charge in [-0.25, -0.2) is 19.9 Å². The van der Waals surface area contributed by atoms with Crippen molar-refractivity contribution in [3.63, 3.8) is 0 Å². The predicted molar refractivity (Wildman–Crippen MR) is 93.4 cm³/mol. The highest BCUT2D eigenvalue weighted by molar-refractivity contribution is 7.22. The van der Waals surface area contributed by atoms with E-state index in [1.165, 1.54) is 6.39 Å². The fourth-order valence-corrected chi connectivity index (χ4v) is 4.34. The first-order valence-corrected chi connectivity index (χ1v) is 8.81. The number of oxazole rings is 2. The first-order chi connectivity index (χ1) is 11.8. The van der Waals surface area contributed by atoms with E-state index in [0.29, 0.717) is 17.1 Å². The van der Waals surface area contributed by atoms with Crippen LogP contribution in [0.2, 0.25) is 0 Å². The maximum atomic E-state index is 5.88. The van der Waals surface area contributed by atoms with Gasteiger partial charge in [0.15, 0.2) is 22.6 Å². The molecule has 8 heteroatoms. The van der Waals surface area contributed by atoms with Crippen molar-refractivity contribution < 1.29 is 8.83 Å². The molecule has 24 heavy (non-hydrogen) atoms. The van der Waals surface area contributed by atoms with E-state index in [1.54, 1.807) is 22.7 Å². The number of hydrogen-bond donors (Lipinski definition) is 0. The van der Waals surface area contributed by atoms with Gasteiger partial charge in [-0.2, -0.15) is 0 Å². The molecule has 0 unspecified atom stereocenters. The van der Waals surface area contributed by atoms with Crippen molar-refractivity contribution in [1.82, 2.24) is 19.9 Å². The van der Waals surface area contributed by atoms with E-state index in [9.17, 15) is 0 Å².